The number of benzene rings is 17. The molecule has 0 aliphatic carbocycles. The first-order valence-corrected chi connectivity index (χ1v) is 41.9. The van der Waals surface area contributed by atoms with E-state index in [1.165, 1.54) is 102 Å². The third-order valence-corrected chi connectivity index (χ3v) is 33.0. The van der Waals surface area contributed by atoms with Gasteiger partial charge in [-0.3, -0.25) is 0 Å². The van der Waals surface area contributed by atoms with E-state index in [1.807, 2.05) is 0 Å². The fraction of sp³-hybridized carbons (Fsp3) is 0.00971. The van der Waals surface area contributed by atoms with Gasteiger partial charge in [-0.25, -0.2) is 0 Å². The number of hydrogen-bond acceptors (Lipinski definition) is 3. The van der Waals surface area contributed by atoms with Crippen LogP contribution < -0.4 is 72.6 Å². The Morgan fingerprint density at radius 1 is 0.193 bits per heavy atom. The third-order valence-electron chi connectivity index (χ3n) is 23.4. The molecule has 0 spiro atoms. The average molecular weight is 1420 g/mol. The van der Waals surface area contributed by atoms with Gasteiger partial charge in [0, 0.05) is 34.1 Å². The summed E-state index contributed by atoms with van der Waals surface area (Å²) in [4.78, 5) is 7.83. The topological polar surface area (TPSA) is 9.72 Å². The van der Waals surface area contributed by atoms with Crippen LogP contribution in [0.25, 0.3) is 22.3 Å². The third kappa shape index (κ3) is 10.5. The van der Waals surface area contributed by atoms with Gasteiger partial charge in [0.15, 0.2) is 16.1 Å². The van der Waals surface area contributed by atoms with E-state index in [4.69, 9.17) is 0 Å². The van der Waals surface area contributed by atoms with Gasteiger partial charge in [0.25, 0.3) is 6.71 Å². The van der Waals surface area contributed by atoms with Gasteiger partial charge in [0.1, 0.15) is 0 Å². The van der Waals surface area contributed by atoms with Crippen molar-refractivity contribution in [1.82, 2.24) is 0 Å². The Bertz CT molecular complexity index is 5580. The van der Waals surface area contributed by atoms with Crippen LogP contribution in [0.15, 0.2) is 449 Å². The minimum atomic E-state index is -2.96. The summed E-state index contributed by atoms with van der Waals surface area (Å²) in [7, 11) is -5.92. The second-order valence-electron chi connectivity index (χ2n) is 28.9. The zero-order valence-corrected chi connectivity index (χ0v) is 62.1. The molecule has 20 rings (SSSR count). The largest absolute Gasteiger partial charge is 0.311 e. The average Bonchev–Trinajstić information content (AvgIpc) is 0.688. The van der Waals surface area contributed by atoms with E-state index in [9.17, 15) is 0 Å². The molecule has 3 nitrogen and oxygen atoms in total. The highest BCUT2D eigenvalue weighted by Crippen LogP contribution is 2.59. The molecule has 3 heterocycles. The molecule has 3 aliphatic heterocycles. The second-order valence-corrected chi connectivity index (χ2v) is 36.5. The summed E-state index contributed by atoms with van der Waals surface area (Å²) in [5.74, 6) is 0. The first kappa shape index (κ1) is 65.2. The van der Waals surface area contributed by atoms with Crippen LogP contribution in [0, 0.1) is 0 Å². The summed E-state index contributed by atoms with van der Waals surface area (Å²) >= 11 is 0. The Hall–Kier alpha value is -13.4. The summed E-state index contributed by atoms with van der Waals surface area (Å²) in [5, 5.41) is 10.6. The van der Waals surface area contributed by atoms with Crippen LogP contribution >= 0.6 is 0 Å². The van der Waals surface area contributed by atoms with Crippen LogP contribution in [-0.4, -0.2) is 22.9 Å². The molecule has 512 valence electrons. The normalized spacial score (nSPS) is 13.1. The van der Waals surface area contributed by atoms with Crippen molar-refractivity contribution >= 4 is 132 Å². The number of para-hydroxylation sites is 2. The summed E-state index contributed by atoms with van der Waals surface area (Å²) in [6, 6.07) is 170. The Balaban J connectivity index is 0.889. The summed E-state index contributed by atoms with van der Waals surface area (Å²) in [5.41, 5.74) is 22.5. The van der Waals surface area contributed by atoms with Gasteiger partial charge in [-0.15, -0.1) is 0 Å². The van der Waals surface area contributed by atoms with Crippen molar-refractivity contribution in [3.63, 3.8) is 0 Å². The minimum Gasteiger partial charge on any atom is -0.311 e. The van der Waals surface area contributed by atoms with Crippen molar-refractivity contribution in [3.05, 3.63) is 471 Å². The zero-order valence-electron chi connectivity index (χ0n) is 60.1. The van der Waals surface area contributed by atoms with Gasteiger partial charge in [-0.1, -0.05) is 388 Å². The van der Waals surface area contributed by atoms with Crippen molar-refractivity contribution in [2.45, 2.75) is 5.41 Å². The van der Waals surface area contributed by atoms with Crippen molar-refractivity contribution in [3.8, 4) is 22.3 Å². The number of hydrogen-bond donors (Lipinski definition) is 0. The maximum absolute atomic E-state index is 2.96. The van der Waals surface area contributed by atoms with Gasteiger partial charge < -0.3 is 14.7 Å². The van der Waals surface area contributed by atoms with Gasteiger partial charge in [-0.05, 0) is 163 Å². The molecule has 0 fully saturated rings. The van der Waals surface area contributed by atoms with E-state index in [2.05, 4.69) is 464 Å². The SMILES string of the molecule is c1ccc(-c2ccc3c(c2)B2c4cc(-c5ccccc5)ccc4N(c4ccc([Si](c5ccccc5)(c5ccccc5)c5ccccc5)cc4)c4cc(N5c6ccccc6C(c6ccccc6)(c6ccccc6)c6ccccc65)cc(c42)N3c2ccc([Si](c3ccccc3)(c3ccccc3)c3ccccc3)cc2)cc1. The predicted molar refractivity (Wildman–Crippen MR) is 465 cm³/mol. The summed E-state index contributed by atoms with van der Waals surface area (Å²) in [6.45, 7) is -0.226. The van der Waals surface area contributed by atoms with E-state index in [-0.39, 0.29) is 6.71 Å². The van der Waals surface area contributed by atoms with Crippen LogP contribution in [0.4, 0.5) is 51.2 Å². The molecule has 0 saturated carbocycles. The van der Waals surface area contributed by atoms with E-state index in [0.717, 1.165) is 51.2 Å². The lowest BCUT2D eigenvalue weighted by Crippen LogP contribution is -2.74. The molecule has 109 heavy (non-hydrogen) atoms. The van der Waals surface area contributed by atoms with E-state index in [0.29, 0.717) is 0 Å². The molecule has 0 N–H and O–H groups in total. The van der Waals surface area contributed by atoms with E-state index in [1.54, 1.807) is 0 Å². The molecule has 0 radical (unpaired) electrons. The molecule has 0 unspecified atom stereocenters. The fourth-order valence-corrected chi connectivity index (χ4v) is 28.3. The monoisotopic (exact) mass is 1420 g/mol. The molecular weight excluding hydrogens is 1350 g/mol. The lowest BCUT2D eigenvalue weighted by molar-refractivity contribution is 0.731. The van der Waals surface area contributed by atoms with Crippen molar-refractivity contribution in [2.75, 3.05) is 14.7 Å². The fourth-order valence-electron chi connectivity index (χ4n) is 18.8. The summed E-state index contributed by atoms with van der Waals surface area (Å²) < 4.78 is 0. The molecule has 0 bridgehead atoms. The molecule has 3 aliphatic rings. The van der Waals surface area contributed by atoms with E-state index >= 15 is 0 Å². The first-order valence-electron chi connectivity index (χ1n) is 37.9. The molecule has 0 atom stereocenters. The maximum atomic E-state index is 2.62. The van der Waals surface area contributed by atoms with Crippen molar-refractivity contribution in [2.24, 2.45) is 0 Å². The lowest BCUT2D eigenvalue weighted by Gasteiger charge is -2.48. The van der Waals surface area contributed by atoms with Gasteiger partial charge in [-0.2, -0.15) is 0 Å². The Labute approximate surface area is 641 Å². The molecule has 17 aromatic rings. The van der Waals surface area contributed by atoms with Crippen LogP contribution in [0.3, 0.4) is 0 Å². The highest BCUT2D eigenvalue weighted by molar-refractivity contribution is 7.20. The number of anilines is 9. The molecule has 0 saturated heterocycles. The van der Waals surface area contributed by atoms with Crippen LogP contribution in [0.5, 0.6) is 0 Å². The number of fused-ring (bicyclic) bond motifs is 6. The predicted octanol–water partition coefficient (Wildman–Crippen LogP) is 18.0. The second kappa shape index (κ2) is 27.2. The summed E-state index contributed by atoms with van der Waals surface area (Å²) in [6.07, 6.45) is 0. The highest BCUT2D eigenvalue weighted by Gasteiger charge is 2.50. The molecule has 6 heteroatoms. The smallest absolute Gasteiger partial charge is 0.252 e. The quantitative estimate of drug-likeness (QED) is 0.0748. The van der Waals surface area contributed by atoms with Crippen LogP contribution in [0.2, 0.25) is 0 Å². The number of nitrogens with zero attached hydrogens (tertiary/aromatic N) is 3. The Kier molecular flexibility index (Phi) is 16.3. The van der Waals surface area contributed by atoms with E-state index < -0.39 is 21.6 Å². The zero-order chi connectivity index (χ0) is 72.3. The van der Waals surface area contributed by atoms with Gasteiger partial charge in [0.2, 0.25) is 0 Å². The number of rotatable bonds is 15. The Morgan fingerprint density at radius 2 is 0.459 bits per heavy atom. The highest BCUT2D eigenvalue weighted by atomic mass is 28.3. The van der Waals surface area contributed by atoms with Crippen LogP contribution in [0.1, 0.15) is 22.3 Å². The first-order chi connectivity index (χ1) is 54.1. The molecule has 0 aromatic heterocycles. The Morgan fingerprint density at radius 3 is 0.780 bits per heavy atom. The molecule has 0 amide bonds. The maximum Gasteiger partial charge on any atom is 0.252 e. The lowest BCUT2D eigenvalue weighted by atomic mass is 9.33. The van der Waals surface area contributed by atoms with Gasteiger partial charge in [0.05, 0.1) is 22.5 Å². The van der Waals surface area contributed by atoms with Crippen molar-refractivity contribution in [1.29, 1.82) is 0 Å². The van der Waals surface area contributed by atoms with Gasteiger partial charge >= 0.3 is 0 Å². The minimum absolute atomic E-state index is 0.226. The van der Waals surface area contributed by atoms with Crippen LogP contribution in [-0.2, 0) is 5.41 Å². The standard InChI is InChI=1S/C103H74BN3Si2/c1-11-35-75(36-12-1)77-59-69-98-94(71-77)104-95-72-78(76-37-13-2-14-38-76)60-70-99(95)106(82-63-67-91(68-64-82)109(87-49-25-8-26-50-87,88-51-27-9-28-52-88)89-53-29-10-30-54-89)101-74-83(107-96-57-33-31-55-92(96)103(79-39-15-3-16-40-79,80-41-17-4-18-42-80)93-56-32-34-58-97(93)107)73-100(102(101)104)105(98)81-61-65-90(66-62-81)108(84-43-19-5-20-44-84,85-45-21-6-22-46-85)86-47-23-7-24-48-86/h1-74H. The molecule has 17 aromatic carbocycles. The van der Waals surface area contributed by atoms with Crippen molar-refractivity contribution < 1.29 is 0 Å². The molecular formula is C103H74BN3Si2.